The van der Waals surface area contributed by atoms with Crippen LogP contribution in [0.5, 0.6) is 0 Å². The van der Waals surface area contributed by atoms with Crippen LogP contribution in [0.1, 0.15) is 27.2 Å². The fourth-order valence-corrected chi connectivity index (χ4v) is 0.867. The van der Waals surface area contributed by atoms with E-state index in [-0.39, 0.29) is 6.04 Å². The predicted octanol–water partition coefficient (Wildman–Crippen LogP) is 0.726. The Morgan fingerprint density at radius 3 is 2.77 bits per heavy atom. The van der Waals surface area contributed by atoms with Gasteiger partial charge in [-0.2, -0.15) is 0 Å². The normalized spacial score (nSPS) is 14.2. The summed E-state index contributed by atoms with van der Waals surface area (Å²) in [6.45, 7) is 8.24. The van der Waals surface area contributed by atoms with Crippen molar-refractivity contribution in [3.63, 3.8) is 0 Å². The Hall–Kier alpha value is -0.770. The molecular formula is C9H21N3O. The Kier molecular flexibility index (Phi) is 7.39. The number of ether oxygens (including phenoxy) is 1. The molecule has 0 heterocycles. The average molecular weight is 187 g/mol. The van der Waals surface area contributed by atoms with E-state index in [4.69, 9.17) is 10.5 Å². The molecule has 13 heavy (non-hydrogen) atoms. The molecule has 0 radical (unpaired) electrons. The molecule has 0 aromatic rings. The Labute approximate surface area is 80.6 Å². The van der Waals surface area contributed by atoms with E-state index < -0.39 is 0 Å². The lowest BCUT2D eigenvalue weighted by molar-refractivity contribution is 0.132. The molecular weight excluding hydrogens is 166 g/mol. The van der Waals surface area contributed by atoms with Gasteiger partial charge in [0.25, 0.3) is 0 Å². The average Bonchev–Trinajstić information content (AvgIpc) is 2.11. The molecule has 3 N–H and O–H groups in total. The summed E-state index contributed by atoms with van der Waals surface area (Å²) in [5.74, 6) is 0.508. The maximum absolute atomic E-state index is 5.62. The minimum Gasteiger partial charge on any atom is -0.380 e. The number of rotatable bonds is 6. The monoisotopic (exact) mass is 187 g/mol. The molecule has 0 fully saturated rings. The van der Waals surface area contributed by atoms with Crippen molar-refractivity contribution in [3.8, 4) is 0 Å². The summed E-state index contributed by atoms with van der Waals surface area (Å²) in [5, 5.41) is 3.05. The van der Waals surface area contributed by atoms with Gasteiger partial charge < -0.3 is 15.8 Å². The SMILES string of the molecule is CCCN=C(N)NC(C)COCC. The number of hydrogen-bond donors (Lipinski definition) is 2. The third kappa shape index (κ3) is 7.59. The van der Waals surface area contributed by atoms with Crippen molar-refractivity contribution in [2.24, 2.45) is 10.7 Å². The summed E-state index contributed by atoms with van der Waals surface area (Å²) in [5.41, 5.74) is 5.62. The smallest absolute Gasteiger partial charge is 0.188 e. The van der Waals surface area contributed by atoms with Crippen LogP contribution in [0.4, 0.5) is 0 Å². The highest BCUT2D eigenvalue weighted by Crippen LogP contribution is 1.84. The maximum atomic E-state index is 5.62. The van der Waals surface area contributed by atoms with Crippen LogP contribution in [0.25, 0.3) is 0 Å². The molecule has 4 nitrogen and oxygen atoms in total. The highest BCUT2D eigenvalue weighted by molar-refractivity contribution is 5.78. The summed E-state index contributed by atoms with van der Waals surface area (Å²) < 4.78 is 5.23. The topological polar surface area (TPSA) is 59.6 Å². The second kappa shape index (κ2) is 7.86. The standard InChI is InChI=1S/C9H21N3O/c1-4-6-11-9(10)12-8(3)7-13-5-2/h8H,4-7H2,1-3H3,(H3,10,11,12). The fraction of sp³-hybridized carbons (Fsp3) is 0.889. The second-order valence-electron chi connectivity index (χ2n) is 2.97. The lowest BCUT2D eigenvalue weighted by Crippen LogP contribution is -2.40. The number of aliphatic imine (C=N–C) groups is 1. The highest BCUT2D eigenvalue weighted by Gasteiger charge is 2.00. The van der Waals surface area contributed by atoms with Crippen LogP contribution in [-0.2, 0) is 4.74 Å². The van der Waals surface area contributed by atoms with Gasteiger partial charge in [-0.3, -0.25) is 4.99 Å². The van der Waals surface area contributed by atoms with Gasteiger partial charge in [0.05, 0.1) is 6.61 Å². The summed E-state index contributed by atoms with van der Waals surface area (Å²) in [6, 6.07) is 0.223. The molecule has 1 unspecified atom stereocenters. The lowest BCUT2D eigenvalue weighted by atomic mass is 10.4. The van der Waals surface area contributed by atoms with Gasteiger partial charge in [0.15, 0.2) is 5.96 Å². The zero-order valence-corrected chi connectivity index (χ0v) is 8.84. The first-order valence-electron chi connectivity index (χ1n) is 4.84. The first-order valence-corrected chi connectivity index (χ1v) is 4.84. The summed E-state index contributed by atoms with van der Waals surface area (Å²) in [6.07, 6.45) is 1.02. The summed E-state index contributed by atoms with van der Waals surface area (Å²) >= 11 is 0. The van der Waals surface area contributed by atoms with E-state index in [1.807, 2.05) is 13.8 Å². The predicted molar refractivity (Wildman–Crippen MR) is 55.9 cm³/mol. The maximum Gasteiger partial charge on any atom is 0.188 e. The Bertz CT molecular complexity index is 148. The van der Waals surface area contributed by atoms with Crippen molar-refractivity contribution in [1.29, 1.82) is 0 Å². The molecule has 0 spiro atoms. The van der Waals surface area contributed by atoms with Crippen molar-refractivity contribution in [1.82, 2.24) is 5.32 Å². The minimum atomic E-state index is 0.223. The van der Waals surface area contributed by atoms with Crippen LogP contribution in [0.15, 0.2) is 4.99 Å². The molecule has 0 saturated carbocycles. The molecule has 0 rings (SSSR count). The molecule has 0 aliphatic rings. The zero-order valence-electron chi connectivity index (χ0n) is 8.84. The lowest BCUT2D eigenvalue weighted by Gasteiger charge is -2.13. The number of nitrogens with zero attached hydrogens (tertiary/aromatic N) is 1. The number of nitrogens with two attached hydrogens (primary N) is 1. The van der Waals surface area contributed by atoms with Crippen molar-refractivity contribution < 1.29 is 4.74 Å². The molecule has 0 bridgehead atoms. The molecule has 0 aliphatic heterocycles. The highest BCUT2D eigenvalue weighted by atomic mass is 16.5. The van der Waals surface area contributed by atoms with Gasteiger partial charge in [0, 0.05) is 19.2 Å². The first-order chi connectivity index (χ1) is 6.20. The van der Waals surface area contributed by atoms with E-state index in [1.54, 1.807) is 0 Å². The van der Waals surface area contributed by atoms with E-state index in [9.17, 15) is 0 Å². The molecule has 78 valence electrons. The molecule has 0 aromatic carbocycles. The quantitative estimate of drug-likeness (QED) is 0.476. The van der Waals surface area contributed by atoms with Crippen LogP contribution in [0.3, 0.4) is 0 Å². The van der Waals surface area contributed by atoms with Crippen LogP contribution in [-0.4, -0.2) is 31.8 Å². The largest absolute Gasteiger partial charge is 0.380 e. The zero-order chi connectivity index (χ0) is 10.1. The Balaban J connectivity index is 3.57. The van der Waals surface area contributed by atoms with Crippen molar-refractivity contribution in [2.45, 2.75) is 33.2 Å². The molecule has 1 atom stereocenters. The van der Waals surface area contributed by atoms with Crippen molar-refractivity contribution >= 4 is 5.96 Å². The fourth-order valence-electron chi connectivity index (χ4n) is 0.867. The van der Waals surface area contributed by atoms with Crippen molar-refractivity contribution in [2.75, 3.05) is 19.8 Å². The van der Waals surface area contributed by atoms with E-state index in [0.717, 1.165) is 19.6 Å². The van der Waals surface area contributed by atoms with E-state index in [1.165, 1.54) is 0 Å². The number of nitrogens with one attached hydrogen (secondary N) is 1. The van der Waals surface area contributed by atoms with Gasteiger partial charge in [0.2, 0.25) is 0 Å². The Morgan fingerprint density at radius 1 is 1.54 bits per heavy atom. The molecule has 0 aliphatic carbocycles. The van der Waals surface area contributed by atoms with Crippen LogP contribution >= 0.6 is 0 Å². The molecule has 0 saturated heterocycles. The third-order valence-electron chi connectivity index (χ3n) is 1.47. The van der Waals surface area contributed by atoms with Crippen molar-refractivity contribution in [3.05, 3.63) is 0 Å². The summed E-state index contributed by atoms with van der Waals surface area (Å²) in [4.78, 5) is 4.12. The number of guanidine groups is 1. The molecule has 0 amide bonds. The van der Waals surface area contributed by atoms with Gasteiger partial charge in [-0.15, -0.1) is 0 Å². The van der Waals surface area contributed by atoms with E-state index in [0.29, 0.717) is 12.6 Å². The van der Waals surface area contributed by atoms with Crippen LogP contribution < -0.4 is 11.1 Å². The van der Waals surface area contributed by atoms with E-state index >= 15 is 0 Å². The van der Waals surface area contributed by atoms with Crippen LogP contribution in [0.2, 0.25) is 0 Å². The van der Waals surface area contributed by atoms with Crippen LogP contribution in [0, 0.1) is 0 Å². The van der Waals surface area contributed by atoms with Gasteiger partial charge in [-0.25, -0.2) is 0 Å². The Morgan fingerprint density at radius 2 is 2.23 bits per heavy atom. The third-order valence-corrected chi connectivity index (χ3v) is 1.47. The summed E-state index contributed by atoms with van der Waals surface area (Å²) in [7, 11) is 0. The van der Waals surface area contributed by atoms with Gasteiger partial charge >= 0.3 is 0 Å². The minimum absolute atomic E-state index is 0.223. The van der Waals surface area contributed by atoms with Gasteiger partial charge in [0.1, 0.15) is 0 Å². The first kappa shape index (κ1) is 12.2. The second-order valence-corrected chi connectivity index (χ2v) is 2.97. The number of hydrogen-bond acceptors (Lipinski definition) is 2. The van der Waals surface area contributed by atoms with Gasteiger partial charge in [-0.05, 0) is 20.3 Å². The van der Waals surface area contributed by atoms with E-state index in [2.05, 4.69) is 17.2 Å². The molecule has 4 heteroatoms. The molecule has 0 aromatic heterocycles. The van der Waals surface area contributed by atoms with Gasteiger partial charge in [-0.1, -0.05) is 6.92 Å².